The minimum atomic E-state index is -1.19. The van der Waals surface area contributed by atoms with E-state index >= 15 is 0 Å². The first-order chi connectivity index (χ1) is 14.5. The second kappa shape index (κ2) is 7.91. The first-order valence-corrected chi connectivity index (χ1v) is 11.3. The fourth-order valence-electron chi connectivity index (χ4n) is 4.27. The summed E-state index contributed by atoms with van der Waals surface area (Å²) in [6, 6.07) is 3.60. The Morgan fingerprint density at radius 1 is 1.27 bits per heavy atom. The highest BCUT2D eigenvalue weighted by Gasteiger charge is 2.39. The summed E-state index contributed by atoms with van der Waals surface area (Å²) in [6.07, 6.45) is 3.76. The summed E-state index contributed by atoms with van der Waals surface area (Å²) in [5.74, 6) is 1.13. The van der Waals surface area contributed by atoms with Crippen LogP contribution in [0.4, 0.5) is 0 Å². The molecule has 1 aliphatic carbocycles. The highest BCUT2D eigenvalue weighted by atomic mass is 32.2. The maximum atomic E-state index is 13.4. The van der Waals surface area contributed by atoms with Gasteiger partial charge in [0.25, 0.3) is 5.56 Å². The SMILES string of the molecule is CCc1c2c(n(C3CC3)c(=O)c1C(=O)O)-c1cc(OC)c(OC)cc1OC2CSC. The molecule has 1 aromatic heterocycles. The van der Waals surface area contributed by atoms with E-state index in [2.05, 4.69) is 0 Å². The van der Waals surface area contributed by atoms with Crippen molar-refractivity contribution in [2.75, 3.05) is 26.2 Å². The number of pyridine rings is 1. The standard InChI is InChI=1S/C22H25NO6S/c1-5-12-18-17(10-30-4)29-14-9-16(28-3)15(27-2)8-13(14)20(18)23(11-6-7-11)21(24)19(12)22(25)26/h8-9,11,17H,5-7,10H2,1-4H3,(H,25,26). The number of thioether (sulfide) groups is 1. The third-order valence-electron chi connectivity index (χ3n) is 5.69. The summed E-state index contributed by atoms with van der Waals surface area (Å²) in [5, 5.41) is 9.87. The number of hydrogen-bond acceptors (Lipinski definition) is 6. The Hall–Kier alpha value is -2.61. The van der Waals surface area contributed by atoms with Gasteiger partial charge in [-0.2, -0.15) is 11.8 Å². The van der Waals surface area contributed by atoms with Crippen LogP contribution < -0.4 is 19.8 Å². The number of hydrogen-bond donors (Lipinski definition) is 1. The molecule has 1 saturated carbocycles. The summed E-state index contributed by atoms with van der Waals surface area (Å²) >= 11 is 1.62. The number of carboxylic acids is 1. The van der Waals surface area contributed by atoms with Crippen LogP contribution >= 0.6 is 11.8 Å². The van der Waals surface area contributed by atoms with E-state index in [0.29, 0.717) is 35.0 Å². The van der Waals surface area contributed by atoms with E-state index in [1.807, 2.05) is 19.2 Å². The maximum Gasteiger partial charge on any atom is 0.341 e. The summed E-state index contributed by atoms with van der Waals surface area (Å²) in [6.45, 7) is 1.88. The highest BCUT2D eigenvalue weighted by Crippen LogP contribution is 2.51. The van der Waals surface area contributed by atoms with Gasteiger partial charge in [-0.25, -0.2) is 4.79 Å². The Balaban J connectivity index is 2.14. The van der Waals surface area contributed by atoms with E-state index < -0.39 is 11.5 Å². The zero-order chi connectivity index (χ0) is 21.6. The van der Waals surface area contributed by atoms with E-state index in [4.69, 9.17) is 14.2 Å². The normalized spacial score (nSPS) is 17.0. The molecule has 1 atom stereocenters. The van der Waals surface area contributed by atoms with Crippen molar-refractivity contribution in [2.45, 2.75) is 38.3 Å². The predicted octanol–water partition coefficient (Wildman–Crippen LogP) is 3.92. The highest BCUT2D eigenvalue weighted by molar-refractivity contribution is 7.98. The van der Waals surface area contributed by atoms with E-state index in [0.717, 1.165) is 29.7 Å². The van der Waals surface area contributed by atoms with Crippen LogP contribution in [0.2, 0.25) is 0 Å². The van der Waals surface area contributed by atoms with E-state index in [9.17, 15) is 14.7 Å². The largest absolute Gasteiger partial charge is 0.493 e. The van der Waals surface area contributed by atoms with Crippen molar-refractivity contribution < 1.29 is 24.1 Å². The van der Waals surface area contributed by atoms with Crippen LogP contribution in [0.5, 0.6) is 17.2 Å². The molecule has 1 unspecified atom stereocenters. The molecule has 8 heteroatoms. The smallest absolute Gasteiger partial charge is 0.341 e. The van der Waals surface area contributed by atoms with Crippen LogP contribution in [0.25, 0.3) is 11.3 Å². The molecule has 1 N–H and O–H groups in total. The number of fused-ring (bicyclic) bond motifs is 3. The van der Waals surface area contributed by atoms with Gasteiger partial charge in [0.15, 0.2) is 11.5 Å². The van der Waals surface area contributed by atoms with Crippen molar-refractivity contribution in [1.29, 1.82) is 0 Å². The molecule has 0 amide bonds. The van der Waals surface area contributed by atoms with Gasteiger partial charge >= 0.3 is 5.97 Å². The molecule has 0 saturated heterocycles. The third kappa shape index (κ3) is 3.14. The van der Waals surface area contributed by atoms with Gasteiger partial charge in [0.05, 0.1) is 19.9 Å². The molecule has 2 heterocycles. The maximum absolute atomic E-state index is 13.4. The van der Waals surface area contributed by atoms with Gasteiger partial charge in [-0.1, -0.05) is 6.92 Å². The summed E-state index contributed by atoms with van der Waals surface area (Å²) in [5.41, 5.74) is 2.27. The molecular weight excluding hydrogens is 406 g/mol. The summed E-state index contributed by atoms with van der Waals surface area (Å²) < 4.78 is 19.0. The van der Waals surface area contributed by atoms with Crippen molar-refractivity contribution in [3.05, 3.63) is 39.2 Å². The number of carboxylic acid groups (broad SMARTS) is 1. The molecular formula is C22H25NO6S. The Bertz CT molecular complexity index is 1070. The number of aromatic carboxylic acids is 1. The quantitative estimate of drug-likeness (QED) is 0.711. The molecule has 0 bridgehead atoms. The van der Waals surface area contributed by atoms with E-state index in [1.165, 1.54) is 0 Å². The minimum absolute atomic E-state index is 0.00392. The van der Waals surface area contributed by atoms with Crippen molar-refractivity contribution in [3.8, 4) is 28.5 Å². The van der Waals surface area contributed by atoms with Gasteiger partial charge in [0.2, 0.25) is 0 Å². The third-order valence-corrected chi connectivity index (χ3v) is 6.32. The van der Waals surface area contributed by atoms with Crippen LogP contribution in [0, 0.1) is 0 Å². The molecule has 7 nitrogen and oxygen atoms in total. The summed E-state index contributed by atoms with van der Waals surface area (Å²) in [4.78, 5) is 25.5. The lowest BCUT2D eigenvalue weighted by atomic mass is 9.89. The van der Waals surface area contributed by atoms with Gasteiger partial charge < -0.3 is 23.9 Å². The van der Waals surface area contributed by atoms with Gasteiger partial charge in [-0.05, 0) is 37.1 Å². The number of aromatic nitrogens is 1. The van der Waals surface area contributed by atoms with Gasteiger partial charge in [-0.15, -0.1) is 0 Å². The average molecular weight is 432 g/mol. The van der Waals surface area contributed by atoms with Crippen molar-refractivity contribution in [3.63, 3.8) is 0 Å². The van der Waals surface area contributed by atoms with Crippen molar-refractivity contribution in [2.24, 2.45) is 0 Å². The monoisotopic (exact) mass is 431 g/mol. The lowest BCUT2D eigenvalue weighted by Gasteiger charge is -2.33. The lowest BCUT2D eigenvalue weighted by Crippen LogP contribution is -2.34. The Labute approximate surface area is 179 Å². The Morgan fingerprint density at radius 2 is 1.93 bits per heavy atom. The average Bonchev–Trinajstić information content (AvgIpc) is 3.56. The number of nitrogens with zero attached hydrogens (tertiary/aromatic N) is 1. The van der Waals surface area contributed by atoms with E-state index in [1.54, 1.807) is 36.6 Å². The zero-order valence-electron chi connectivity index (χ0n) is 17.5. The number of ether oxygens (including phenoxy) is 3. The number of methoxy groups -OCH3 is 2. The van der Waals surface area contributed by atoms with E-state index in [-0.39, 0.29) is 17.7 Å². The first-order valence-electron chi connectivity index (χ1n) is 9.93. The van der Waals surface area contributed by atoms with Gasteiger partial charge in [0.1, 0.15) is 17.4 Å². The van der Waals surface area contributed by atoms with Gasteiger partial charge in [-0.3, -0.25) is 4.79 Å². The second-order valence-corrected chi connectivity index (χ2v) is 8.36. The van der Waals surface area contributed by atoms with Crippen LogP contribution in [0.3, 0.4) is 0 Å². The Morgan fingerprint density at radius 3 is 2.47 bits per heavy atom. The molecule has 2 aliphatic rings. The molecule has 160 valence electrons. The van der Waals surface area contributed by atoms with Crippen molar-refractivity contribution in [1.82, 2.24) is 4.57 Å². The topological polar surface area (TPSA) is 87.0 Å². The molecule has 1 fully saturated rings. The summed E-state index contributed by atoms with van der Waals surface area (Å²) in [7, 11) is 3.12. The molecule has 0 spiro atoms. The Kier molecular flexibility index (Phi) is 5.44. The molecule has 0 radical (unpaired) electrons. The van der Waals surface area contributed by atoms with Gasteiger partial charge in [0, 0.05) is 29.0 Å². The van der Waals surface area contributed by atoms with Crippen molar-refractivity contribution >= 4 is 17.7 Å². The molecule has 1 aliphatic heterocycles. The fraction of sp³-hybridized carbons (Fsp3) is 0.455. The molecule has 1 aromatic carbocycles. The van der Waals surface area contributed by atoms with Crippen LogP contribution in [-0.4, -0.2) is 41.9 Å². The number of rotatable bonds is 7. The second-order valence-electron chi connectivity index (χ2n) is 7.45. The first kappa shape index (κ1) is 20.7. The van der Waals surface area contributed by atoms with Crippen LogP contribution in [0.15, 0.2) is 16.9 Å². The number of benzene rings is 1. The lowest BCUT2D eigenvalue weighted by molar-refractivity contribution is 0.0692. The van der Waals surface area contributed by atoms with Crippen LogP contribution in [-0.2, 0) is 6.42 Å². The minimum Gasteiger partial charge on any atom is -0.493 e. The molecule has 30 heavy (non-hydrogen) atoms. The molecule has 4 rings (SSSR count). The van der Waals surface area contributed by atoms with Crippen LogP contribution in [0.1, 0.15) is 53.4 Å². The number of carbonyl (C=O) groups is 1. The molecule has 2 aromatic rings. The fourth-order valence-corrected chi connectivity index (χ4v) is 4.81. The predicted molar refractivity (Wildman–Crippen MR) is 116 cm³/mol. The zero-order valence-corrected chi connectivity index (χ0v) is 18.3.